The number of amides is 1. The first kappa shape index (κ1) is 20.1. The summed E-state index contributed by atoms with van der Waals surface area (Å²) >= 11 is 0. The Balaban J connectivity index is 1.48. The monoisotopic (exact) mass is 382 g/mol. The molecule has 4 nitrogen and oxygen atoms in total. The summed E-state index contributed by atoms with van der Waals surface area (Å²) < 4.78 is 18.1. The van der Waals surface area contributed by atoms with Crippen molar-refractivity contribution in [2.75, 3.05) is 39.8 Å². The Morgan fingerprint density at radius 3 is 2.29 bits per heavy atom. The largest absolute Gasteiger partial charge is 0.497 e. The van der Waals surface area contributed by atoms with Crippen molar-refractivity contribution in [1.29, 1.82) is 0 Å². The first-order valence-electron chi connectivity index (χ1n) is 9.63. The van der Waals surface area contributed by atoms with Gasteiger partial charge in [0.2, 0.25) is 5.91 Å². The van der Waals surface area contributed by atoms with E-state index in [1.807, 2.05) is 48.2 Å². The molecular formula is C23H27FN2O2. The van der Waals surface area contributed by atoms with Crippen LogP contribution in [0, 0.1) is 5.82 Å². The van der Waals surface area contributed by atoms with Crippen LogP contribution in [0.2, 0.25) is 0 Å². The summed E-state index contributed by atoms with van der Waals surface area (Å²) in [5.74, 6) is 0.667. The molecule has 1 heterocycles. The average Bonchev–Trinajstić information content (AvgIpc) is 2.73. The van der Waals surface area contributed by atoms with Gasteiger partial charge in [-0.3, -0.25) is 9.69 Å². The molecule has 1 fully saturated rings. The molecule has 0 bridgehead atoms. The SMILES string of the molecule is COc1ccc(/C(C)=C/C(=O)N2CCN(CCc3ccc(F)cc3)CC2)cc1. The van der Waals surface area contributed by atoms with E-state index in [2.05, 4.69) is 4.90 Å². The van der Waals surface area contributed by atoms with E-state index >= 15 is 0 Å². The zero-order valence-electron chi connectivity index (χ0n) is 16.5. The summed E-state index contributed by atoms with van der Waals surface area (Å²) in [6.45, 7) is 6.07. The van der Waals surface area contributed by atoms with E-state index in [4.69, 9.17) is 4.74 Å². The van der Waals surface area contributed by atoms with E-state index in [0.29, 0.717) is 0 Å². The first-order chi connectivity index (χ1) is 13.5. The lowest BCUT2D eigenvalue weighted by atomic mass is 10.1. The maximum Gasteiger partial charge on any atom is 0.246 e. The molecule has 0 aliphatic carbocycles. The van der Waals surface area contributed by atoms with Gasteiger partial charge in [0.05, 0.1) is 7.11 Å². The minimum Gasteiger partial charge on any atom is -0.497 e. The van der Waals surface area contributed by atoms with Gasteiger partial charge in [0.25, 0.3) is 0 Å². The van der Waals surface area contributed by atoms with Crippen molar-refractivity contribution >= 4 is 11.5 Å². The van der Waals surface area contributed by atoms with Crippen LogP contribution in [0.25, 0.3) is 5.57 Å². The Labute approximate surface area is 166 Å². The van der Waals surface area contributed by atoms with Crippen LogP contribution in [0.1, 0.15) is 18.1 Å². The highest BCUT2D eigenvalue weighted by Crippen LogP contribution is 2.18. The lowest BCUT2D eigenvalue weighted by molar-refractivity contribution is -0.127. The number of allylic oxidation sites excluding steroid dienone is 1. The Morgan fingerprint density at radius 2 is 1.68 bits per heavy atom. The molecule has 2 aromatic carbocycles. The Kier molecular flexibility index (Phi) is 6.82. The van der Waals surface area contributed by atoms with Crippen LogP contribution in [0.15, 0.2) is 54.6 Å². The minimum absolute atomic E-state index is 0.0616. The van der Waals surface area contributed by atoms with Crippen molar-refractivity contribution in [2.24, 2.45) is 0 Å². The van der Waals surface area contributed by atoms with Gasteiger partial charge in [0, 0.05) is 38.8 Å². The number of carbonyl (C=O) groups excluding carboxylic acids is 1. The molecule has 2 aromatic rings. The number of hydrogen-bond donors (Lipinski definition) is 0. The molecule has 0 radical (unpaired) electrons. The van der Waals surface area contributed by atoms with Crippen molar-refractivity contribution in [1.82, 2.24) is 9.80 Å². The molecule has 1 aliphatic heterocycles. The minimum atomic E-state index is -0.200. The van der Waals surface area contributed by atoms with Gasteiger partial charge in [-0.05, 0) is 54.3 Å². The number of nitrogens with zero attached hydrogens (tertiary/aromatic N) is 2. The van der Waals surface area contributed by atoms with Crippen molar-refractivity contribution in [3.8, 4) is 5.75 Å². The number of methoxy groups -OCH3 is 1. The maximum atomic E-state index is 13.0. The van der Waals surface area contributed by atoms with Gasteiger partial charge in [0.15, 0.2) is 0 Å². The van der Waals surface area contributed by atoms with Crippen LogP contribution >= 0.6 is 0 Å². The van der Waals surface area contributed by atoms with Gasteiger partial charge in [0.1, 0.15) is 11.6 Å². The number of benzene rings is 2. The predicted molar refractivity (Wildman–Crippen MR) is 110 cm³/mol. The number of ether oxygens (including phenoxy) is 1. The molecule has 1 aliphatic rings. The Bertz CT molecular complexity index is 808. The van der Waals surface area contributed by atoms with Crippen molar-refractivity contribution in [3.05, 3.63) is 71.6 Å². The van der Waals surface area contributed by atoms with E-state index in [0.717, 1.165) is 61.6 Å². The summed E-state index contributed by atoms with van der Waals surface area (Å²) in [5.41, 5.74) is 3.11. The van der Waals surface area contributed by atoms with Crippen LogP contribution in [0.5, 0.6) is 5.75 Å². The number of piperazine rings is 1. The third-order valence-corrected chi connectivity index (χ3v) is 5.20. The molecule has 148 valence electrons. The smallest absolute Gasteiger partial charge is 0.246 e. The quantitative estimate of drug-likeness (QED) is 0.716. The van der Waals surface area contributed by atoms with Crippen LogP contribution in [-0.2, 0) is 11.2 Å². The Morgan fingerprint density at radius 1 is 1.04 bits per heavy atom. The third kappa shape index (κ3) is 5.42. The summed E-state index contributed by atoms with van der Waals surface area (Å²) in [5, 5.41) is 0. The third-order valence-electron chi connectivity index (χ3n) is 5.20. The zero-order chi connectivity index (χ0) is 19.9. The van der Waals surface area contributed by atoms with Gasteiger partial charge in [-0.2, -0.15) is 0 Å². The first-order valence-corrected chi connectivity index (χ1v) is 9.63. The summed E-state index contributed by atoms with van der Waals surface area (Å²) in [6, 6.07) is 14.4. The fraction of sp³-hybridized carbons (Fsp3) is 0.348. The van der Waals surface area contributed by atoms with E-state index in [1.165, 1.54) is 12.1 Å². The maximum absolute atomic E-state index is 13.0. The highest BCUT2D eigenvalue weighted by Gasteiger charge is 2.19. The van der Waals surface area contributed by atoms with Crippen LogP contribution in [0.4, 0.5) is 4.39 Å². The van der Waals surface area contributed by atoms with Gasteiger partial charge < -0.3 is 9.64 Å². The second kappa shape index (κ2) is 9.51. The molecule has 28 heavy (non-hydrogen) atoms. The normalized spacial score (nSPS) is 15.5. The number of hydrogen-bond acceptors (Lipinski definition) is 3. The summed E-state index contributed by atoms with van der Waals surface area (Å²) in [6.07, 6.45) is 2.61. The zero-order valence-corrected chi connectivity index (χ0v) is 16.5. The molecule has 0 spiro atoms. The van der Waals surface area contributed by atoms with Gasteiger partial charge in [-0.15, -0.1) is 0 Å². The van der Waals surface area contributed by atoms with Gasteiger partial charge in [-0.25, -0.2) is 4.39 Å². The second-order valence-electron chi connectivity index (χ2n) is 7.10. The van der Waals surface area contributed by atoms with E-state index in [-0.39, 0.29) is 11.7 Å². The average molecular weight is 382 g/mol. The molecule has 0 aromatic heterocycles. The van der Waals surface area contributed by atoms with Crippen LogP contribution in [0.3, 0.4) is 0 Å². The molecule has 0 unspecified atom stereocenters. The number of halogens is 1. The van der Waals surface area contributed by atoms with E-state index in [9.17, 15) is 9.18 Å². The van der Waals surface area contributed by atoms with Crippen molar-refractivity contribution in [3.63, 3.8) is 0 Å². The van der Waals surface area contributed by atoms with E-state index < -0.39 is 0 Å². The summed E-state index contributed by atoms with van der Waals surface area (Å²) in [7, 11) is 1.64. The molecular weight excluding hydrogens is 355 g/mol. The topological polar surface area (TPSA) is 32.8 Å². The molecule has 1 amide bonds. The van der Waals surface area contributed by atoms with E-state index in [1.54, 1.807) is 13.2 Å². The van der Waals surface area contributed by atoms with Crippen molar-refractivity contribution in [2.45, 2.75) is 13.3 Å². The molecule has 1 saturated heterocycles. The standard InChI is InChI=1S/C23H27FN2O2/c1-18(20-5-9-22(28-2)10-6-20)17-23(27)26-15-13-25(14-16-26)12-11-19-3-7-21(24)8-4-19/h3-10,17H,11-16H2,1-2H3/b18-17+. The van der Waals surface area contributed by atoms with Gasteiger partial charge in [-0.1, -0.05) is 24.3 Å². The van der Waals surface area contributed by atoms with Crippen molar-refractivity contribution < 1.29 is 13.9 Å². The lowest BCUT2D eigenvalue weighted by Gasteiger charge is -2.34. The summed E-state index contributed by atoms with van der Waals surface area (Å²) in [4.78, 5) is 16.9. The fourth-order valence-electron chi connectivity index (χ4n) is 3.34. The highest BCUT2D eigenvalue weighted by molar-refractivity contribution is 5.95. The lowest BCUT2D eigenvalue weighted by Crippen LogP contribution is -2.48. The number of carbonyl (C=O) groups is 1. The fourth-order valence-corrected chi connectivity index (χ4v) is 3.34. The second-order valence-corrected chi connectivity index (χ2v) is 7.10. The van der Waals surface area contributed by atoms with Crippen LogP contribution in [-0.4, -0.2) is 55.5 Å². The molecule has 0 N–H and O–H groups in total. The highest BCUT2D eigenvalue weighted by atomic mass is 19.1. The molecule has 3 rings (SSSR count). The molecule has 0 atom stereocenters. The Hall–Kier alpha value is -2.66. The van der Waals surface area contributed by atoms with Crippen LogP contribution < -0.4 is 4.74 Å². The molecule has 0 saturated carbocycles. The predicted octanol–water partition coefficient (Wildman–Crippen LogP) is 3.62. The van der Waals surface area contributed by atoms with Gasteiger partial charge >= 0.3 is 0 Å². The number of rotatable bonds is 6. The molecule has 5 heteroatoms.